The van der Waals surface area contributed by atoms with Crippen LogP contribution in [0.15, 0.2) is 24.3 Å². The van der Waals surface area contributed by atoms with Gasteiger partial charge in [0.1, 0.15) is 0 Å². The molecular formula is C15H21NO3. The Morgan fingerprint density at radius 1 is 1.42 bits per heavy atom. The molecule has 1 aromatic carbocycles. The van der Waals surface area contributed by atoms with Crippen molar-refractivity contribution in [3.63, 3.8) is 0 Å². The van der Waals surface area contributed by atoms with Gasteiger partial charge in [-0.15, -0.1) is 0 Å². The lowest BCUT2D eigenvalue weighted by Gasteiger charge is -2.32. The monoisotopic (exact) mass is 263 g/mol. The van der Waals surface area contributed by atoms with Gasteiger partial charge in [-0.1, -0.05) is 12.1 Å². The van der Waals surface area contributed by atoms with Crippen LogP contribution in [0.4, 0.5) is 5.69 Å². The average molecular weight is 263 g/mol. The van der Waals surface area contributed by atoms with Crippen LogP contribution in [0.5, 0.6) is 0 Å². The summed E-state index contributed by atoms with van der Waals surface area (Å²) in [5.74, 6) is 0.0266. The number of rotatable bonds is 6. The van der Waals surface area contributed by atoms with Crippen LogP contribution in [0.25, 0.3) is 0 Å². The zero-order valence-electron chi connectivity index (χ0n) is 11.7. The summed E-state index contributed by atoms with van der Waals surface area (Å²) in [6, 6.07) is 7.98. The Bertz CT molecular complexity index is 456. The van der Waals surface area contributed by atoms with Gasteiger partial charge in [-0.05, 0) is 43.4 Å². The summed E-state index contributed by atoms with van der Waals surface area (Å²) in [6.45, 7) is 2.34. The number of carbonyl (C=O) groups excluding carboxylic acids is 1. The second-order valence-corrected chi connectivity index (χ2v) is 5.16. The van der Waals surface area contributed by atoms with Crippen LogP contribution in [0.1, 0.15) is 18.4 Å². The third-order valence-electron chi connectivity index (χ3n) is 3.58. The third kappa shape index (κ3) is 2.89. The number of nitrogens with one attached hydrogen (secondary N) is 1. The molecule has 1 aromatic rings. The minimum atomic E-state index is -0.767. The van der Waals surface area contributed by atoms with Crippen LogP contribution in [0, 0.1) is 12.8 Å². The maximum absolute atomic E-state index is 12.2. The topological polar surface area (TPSA) is 47.6 Å². The molecular weight excluding hydrogens is 242 g/mol. The SMILES string of the molecule is COCC(Nc1cccc(C)c1)(C(=O)OC)C1CC1. The van der Waals surface area contributed by atoms with E-state index in [1.807, 2.05) is 31.2 Å². The van der Waals surface area contributed by atoms with E-state index in [2.05, 4.69) is 5.32 Å². The summed E-state index contributed by atoms with van der Waals surface area (Å²) in [5.41, 5.74) is 1.31. The fraction of sp³-hybridized carbons (Fsp3) is 0.533. The van der Waals surface area contributed by atoms with Crippen molar-refractivity contribution in [3.8, 4) is 0 Å². The van der Waals surface area contributed by atoms with Gasteiger partial charge in [0.05, 0.1) is 13.7 Å². The highest BCUT2D eigenvalue weighted by molar-refractivity contribution is 5.85. The lowest BCUT2D eigenvalue weighted by molar-refractivity contribution is -0.149. The lowest BCUT2D eigenvalue weighted by atomic mass is 9.93. The van der Waals surface area contributed by atoms with Crippen LogP contribution in [-0.2, 0) is 14.3 Å². The van der Waals surface area contributed by atoms with Crippen molar-refractivity contribution in [2.24, 2.45) is 5.92 Å². The molecule has 104 valence electrons. The zero-order valence-corrected chi connectivity index (χ0v) is 11.7. The van der Waals surface area contributed by atoms with Crippen LogP contribution >= 0.6 is 0 Å². The van der Waals surface area contributed by atoms with Gasteiger partial charge in [-0.2, -0.15) is 0 Å². The van der Waals surface area contributed by atoms with E-state index in [1.165, 1.54) is 7.11 Å². The van der Waals surface area contributed by atoms with E-state index in [1.54, 1.807) is 7.11 Å². The minimum Gasteiger partial charge on any atom is -0.467 e. The minimum absolute atomic E-state index is 0.252. The molecule has 0 aliphatic heterocycles. The highest BCUT2D eigenvalue weighted by Crippen LogP contribution is 2.42. The second kappa shape index (κ2) is 5.61. The number of hydrogen-bond donors (Lipinski definition) is 1. The highest BCUT2D eigenvalue weighted by Gasteiger charge is 2.52. The van der Waals surface area contributed by atoms with E-state index >= 15 is 0 Å². The first-order valence-corrected chi connectivity index (χ1v) is 6.54. The number of carbonyl (C=O) groups is 1. The van der Waals surface area contributed by atoms with Crippen molar-refractivity contribution in [2.45, 2.75) is 25.3 Å². The summed E-state index contributed by atoms with van der Waals surface area (Å²) in [7, 11) is 3.03. The molecule has 1 fully saturated rings. The highest BCUT2D eigenvalue weighted by atomic mass is 16.5. The lowest BCUT2D eigenvalue weighted by Crippen LogP contribution is -2.53. The number of ether oxygens (including phenoxy) is 2. The fourth-order valence-electron chi connectivity index (χ4n) is 2.50. The predicted molar refractivity (Wildman–Crippen MR) is 74.1 cm³/mol. The summed E-state index contributed by atoms with van der Waals surface area (Å²) in [5, 5.41) is 3.35. The molecule has 0 aromatic heterocycles. The summed E-state index contributed by atoms with van der Waals surface area (Å²) in [6.07, 6.45) is 2.05. The largest absolute Gasteiger partial charge is 0.467 e. The van der Waals surface area contributed by atoms with Gasteiger partial charge in [-0.3, -0.25) is 0 Å². The molecule has 0 heterocycles. The van der Waals surface area contributed by atoms with Crippen LogP contribution in [0.3, 0.4) is 0 Å². The Labute approximate surface area is 114 Å². The number of benzene rings is 1. The molecule has 0 saturated heterocycles. The summed E-state index contributed by atoms with van der Waals surface area (Å²) in [4.78, 5) is 12.2. The molecule has 0 radical (unpaired) electrons. The second-order valence-electron chi connectivity index (χ2n) is 5.16. The molecule has 1 aliphatic rings. The van der Waals surface area contributed by atoms with Crippen molar-refractivity contribution in [1.82, 2.24) is 0 Å². The van der Waals surface area contributed by atoms with E-state index in [0.717, 1.165) is 24.1 Å². The molecule has 1 saturated carbocycles. The van der Waals surface area contributed by atoms with Crippen LogP contribution < -0.4 is 5.32 Å². The number of aryl methyl sites for hydroxylation is 1. The first kappa shape index (κ1) is 13.9. The maximum Gasteiger partial charge on any atom is 0.334 e. The molecule has 1 atom stereocenters. The average Bonchev–Trinajstić information content (AvgIpc) is 3.21. The first-order chi connectivity index (χ1) is 9.12. The van der Waals surface area contributed by atoms with Gasteiger partial charge in [-0.25, -0.2) is 4.79 Å². The van der Waals surface area contributed by atoms with Crippen molar-refractivity contribution < 1.29 is 14.3 Å². The van der Waals surface area contributed by atoms with Crippen LogP contribution in [0.2, 0.25) is 0 Å². The molecule has 19 heavy (non-hydrogen) atoms. The normalized spacial score (nSPS) is 17.6. The van der Waals surface area contributed by atoms with Gasteiger partial charge in [0.15, 0.2) is 5.54 Å². The van der Waals surface area contributed by atoms with Gasteiger partial charge in [0.2, 0.25) is 0 Å². The Hall–Kier alpha value is -1.55. The number of anilines is 1. The molecule has 1 unspecified atom stereocenters. The Morgan fingerprint density at radius 3 is 2.68 bits per heavy atom. The maximum atomic E-state index is 12.2. The molecule has 1 aliphatic carbocycles. The molecule has 2 rings (SSSR count). The summed E-state index contributed by atoms with van der Waals surface area (Å²) < 4.78 is 10.3. The van der Waals surface area contributed by atoms with E-state index in [-0.39, 0.29) is 11.9 Å². The number of esters is 1. The smallest absolute Gasteiger partial charge is 0.334 e. The van der Waals surface area contributed by atoms with Gasteiger partial charge >= 0.3 is 5.97 Å². The van der Waals surface area contributed by atoms with E-state index in [9.17, 15) is 4.79 Å². The molecule has 0 spiro atoms. The summed E-state index contributed by atoms with van der Waals surface area (Å²) >= 11 is 0. The van der Waals surface area contributed by atoms with Gasteiger partial charge in [0, 0.05) is 12.8 Å². The van der Waals surface area contributed by atoms with Gasteiger partial charge in [0.25, 0.3) is 0 Å². The first-order valence-electron chi connectivity index (χ1n) is 6.54. The predicted octanol–water partition coefficient (Wildman–Crippen LogP) is 2.38. The van der Waals surface area contributed by atoms with Crippen LogP contribution in [-0.4, -0.2) is 32.3 Å². The molecule has 4 heteroatoms. The molecule has 4 nitrogen and oxygen atoms in total. The third-order valence-corrected chi connectivity index (χ3v) is 3.58. The standard InChI is InChI=1S/C15H21NO3/c1-11-5-4-6-13(9-11)16-15(10-18-2,12-7-8-12)14(17)19-3/h4-6,9,12,16H,7-8,10H2,1-3H3. The van der Waals surface area contributed by atoms with Gasteiger partial charge < -0.3 is 14.8 Å². The van der Waals surface area contributed by atoms with Crippen molar-refractivity contribution >= 4 is 11.7 Å². The van der Waals surface area contributed by atoms with E-state index in [0.29, 0.717) is 6.61 Å². The van der Waals surface area contributed by atoms with Crippen molar-refractivity contribution in [1.29, 1.82) is 0 Å². The molecule has 0 bridgehead atoms. The Balaban J connectivity index is 2.28. The van der Waals surface area contributed by atoms with E-state index in [4.69, 9.17) is 9.47 Å². The number of methoxy groups -OCH3 is 2. The Kier molecular flexibility index (Phi) is 4.10. The number of hydrogen-bond acceptors (Lipinski definition) is 4. The van der Waals surface area contributed by atoms with E-state index < -0.39 is 5.54 Å². The quantitative estimate of drug-likeness (QED) is 0.800. The molecule has 0 amide bonds. The van der Waals surface area contributed by atoms with Crippen molar-refractivity contribution in [3.05, 3.63) is 29.8 Å². The fourth-order valence-corrected chi connectivity index (χ4v) is 2.50. The molecule has 1 N–H and O–H groups in total. The Morgan fingerprint density at radius 2 is 2.16 bits per heavy atom. The van der Waals surface area contributed by atoms with Crippen molar-refractivity contribution in [2.75, 3.05) is 26.1 Å². The zero-order chi connectivity index (χ0) is 13.9.